The zero-order valence-corrected chi connectivity index (χ0v) is 25.5. The molecule has 1 unspecified atom stereocenters. The van der Waals surface area contributed by atoms with Crippen molar-refractivity contribution in [2.75, 3.05) is 0 Å². The second-order valence-electron chi connectivity index (χ2n) is 11.8. The number of nitrogens with zero attached hydrogens (tertiary/aromatic N) is 2. The lowest BCUT2D eigenvalue weighted by atomic mass is 9.97. The van der Waals surface area contributed by atoms with Gasteiger partial charge in [0.25, 0.3) is 0 Å². The van der Waals surface area contributed by atoms with Crippen molar-refractivity contribution < 1.29 is 4.42 Å². The monoisotopic (exact) mass is 603 g/mol. The van der Waals surface area contributed by atoms with Crippen LogP contribution in [0.1, 0.15) is 22.9 Å². The Morgan fingerprint density at radius 1 is 0.447 bits per heavy atom. The van der Waals surface area contributed by atoms with E-state index in [4.69, 9.17) is 14.4 Å². The van der Waals surface area contributed by atoms with E-state index in [1.165, 1.54) is 21.9 Å². The molecule has 1 aromatic heterocycles. The van der Waals surface area contributed by atoms with Crippen molar-refractivity contribution in [1.29, 1.82) is 0 Å². The lowest BCUT2D eigenvalue weighted by Gasteiger charge is -2.23. The van der Waals surface area contributed by atoms with Crippen LogP contribution in [0, 0.1) is 0 Å². The third-order valence-electron chi connectivity index (χ3n) is 8.96. The summed E-state index contributed by atoms with van der Waals surface area (Å²) in [6.45, 7) is 0. The Labute approximate surface area is 272 Å². The minimum Gasteiger partial charge on any atom is -0.456 e. The summed E-state index contributed by atoms with van der Waals surface area (Å²) in [5, 5.41) is 8.08. The second kappa shape index (κ2) is 11.3. The number of fused-ring (bicyclic) bond motifs is 4. The number of amidine groups is 2. The first-order chi connectivity index (χ1) is 23.3. The SMILES string of the molecule is c1ccc(C2=NC(c3cccc4oc5cc(-c6cccc7ccccc67)ccc5c34)N=C(c3ccc(-c4ccccc4)cc3)N2)cc1. The fraction of sp³-hybridized carbons (Fsp3) is 0.0233. The predicted octanol–water partition coefficient (Wildman–Crippen LogP) is 10.6. The molecule has 0 bridgehead atoms. The quantitative estimate of drug-likeness (QED) is 0.213. The highest BCUT2D eigenvalue weighted by Gasteiger charge is 2.24. The normalized spacial score (nSPS) is 14.6. The maximum Gasteiger partial charge on any atom is 0.170 e. The highest BCUT2D eigenvalue weighted by atomic mass is 16.3. The number of benzene rings is 7. The molecular weight excluding hydrogens is 574 g/mol. The number of hydrogen-bond donors (Lipinski definition) is 1. The first kappa shape index (κ1) is 27.1. The third-order valence-corrected chi connectivity index (χ3v) is 8.96. The predicted molar refractivity (Wildman–Crippen MR) is 194 cm³/mol. The van der Waals surface area contributed by atoms with Crippen LogP contribution in [0.25, 0.3) is 55.0 Å². The largest absolute Gasteiger partial charge is 0.456 e. The number of hydrogen-bond acceptors (Lipinski definition) is 4. The number of furan rings is 1. The maximum atomic E-state index is 6.52. The number of rotatable bonds is 5. The average molecular weight is 604 g/mol. The molecule has 8 aromatic rings. The van der Waals surface area contributed by atoms with E-state index in [1.807, 2.05) is 36.4 Å². The first-order valence-electron chi connectivity index (χ1n) is 15.9. The summed E-state index contributed by atoms with van der Waals surface area (Å²) in [5.41, 5.74) is 9.35. The zero-order chi connectivity index (χ0) is 31.2. The Morgan fingerprint density at radius 2 is 1.04 bits per heavy atom. The maximum absolute atomic E-state index is 6.52. The molecule has 0 radical (unpaired) electrons. The Balaban J connectivity index is 1.16. The molecule has 0 amide bonds. The molecule has 0 fully saturated rings. The van der Waals surface area contributed by atoms with Gasteiger partial charge >= 0.3 is 0 Å². The molecule has 7 aromatic carbocycles. The minimum absolute atomic E-state index is 0.461. The smallest absolute Gasteiger partial charge is 0.170 e. The van der Waals surface area contributed by atoms with Crippen LogP contribution in [0.4, 0.5) is 0 Å². The van der Waals surface area contributed by atoms with Gasteiger partial charge in [-0.1, -0.05) is 146 Å². The van der Waals surface area contributed by atoms with Gasteiger partial charge in [0.15, 0.2) is 6.17 Å². The van der Waals surface area contributed by atoms with Gasteiger partial charge in [-0.05, 0) is 51.2 Å². The summed E-state index contributed by atoms with van der Waals surface area (Å²) in [6, 6.07) is 56.9. The fourth-order valence-corrected chi connectivity index (χ4v) is 6.64. The van der Waals surface area contributed by atoms with Gasteiger partial charge in [0.2, 0.25) is 0 Å². The minimum atomic E-state index is -0.461. The van der Waals surface area contributed by atoms with E-state index in [-0.39, 0.29) is 0 Å². The van der Waals surface area contributed by atoms with Crippen LogP contribution < -0.4 is 5.32 Å². The molecule has 1 aliphatic rings. The van der Waals surface area contributed by atoms with Gasteiger partial charge in [0.05, 0.1) is 0 Å². The van der Waals surface area contributed by atoms with Crippen LogP contribution in [0.5, 0.6) is 0 Å². The van der Waals surface area contributed by atoms with Crippen molar-refractivity contribution in [3.8, 4) is 22.3 Å². The first-order valence-corrected chi connectivity index (χ1v) is 15.9. The molecule has 4 heteroatoms. The lowest BCUT2D eigenvalue weighted by molar-refractivity contribution is 0.668. The number of nitrogens with one attached hydrogen (secondary N) is 1. The molecule has 0 spiro atoms. The van der Waals surface area contributed by atoms with Crippen molar-refractivity contribution in [3.05, 3.63) is 180 Å². The molecule has 1 atom stereocenters. The van der Waals surface area contributed by atoms with E-state index < -0.39 is 6.17 Å². The molecule has 47 heavy (non-hydrogen) atoms. The molecular formula is C43H29N3O. The lowest BCUT2D eigenvalue weighted by Crippen LogP contribution is -2.36. The Bertz CT molecular complexity index is 2470. The fourth-order valence-electron chi connectivity index (χ4n) is 6.64. The molecule has 222 valence electrons. The number of aliphatic imine (C=N–C) groups is 2. The summed E-state index contributed by atoms with van der Waals surface area (Å²) < 4.78 is 6.52. The second-order valence-corrected chi connectivity index (χ2v) is 11.8. The van der Waals surface area contributed by atoms with Gasteiger partial charge in [-0.3, -0.25) is 0 Å². The molecule has 9 rings (SSSR count). The van der Waals surface area contributed by atoms with E-state index in [1.54, 1.807) is 0 Å². The van der Waals surface area contributed by atoms with Gasteiger partial charge in [0.1, 0.15) is 22.8 Å². The highest BCUT2D eigenvalue weighted by molar-refractivity contribution is 6.16. The van der Waals surface area contributed by atoms with Crippen LogP contribution >= 0.6 is 0 Å². The van der Waals surface area contributed by atoms with Crippen LogP contribution in [0.2, 0.25) is 0 Å². The Morgan fingerprint density at radius 3 is 1.83 bits per heavy atom. The van der Waals surface area contributed by atoms with Crippen LogP contribution in [-0.2, 0) is 0 Å². The van der Waals surface area contributed by atoms with Gasteiger partial charge < -0.3 is 9.73 Å². The average Bonchev–Trinajstić information content (AvgIpc) is 3.53. The summed E-state index contributed by atoms with van der Waals surface area (Å²) in [4.78, 5) is 10.4. The van der Waals surface area contributed by atoms with E-state index in [0.717, 1.165) is 61.4 Å². The van der Waals surface area contributed by atoms with Gasteiger partial charge in [-0.15, -0.1) is 0 Å². The van der Waals surface area contributed by atoms with Crippen molar-refractivity contribution in [3.63, 3.8) is 0 Å². The highest BCUT2D eigenvalue weighted by Crippen LogP contribution is 2.39. The van der Waals surface area contributed by atoms with Crippen molar-refractivity contribution in [2.24, 2.45) is 9.98 Å². The van der Waals surface area contributed by atoms with E-state index in [0.29, 0.717) is 0 Å². The molecule has 1 aliphatic heterocycles. The van der Waals surface area contributed by atoms with Crippen molar-refractivity contribution >= 4 is 44.4 Å². The van der Waals surface area contributed by atoms with Gasteiger partial charge in [0, 0.05) is 27.5 Å². The van der Waals surface area contributed by atoms with Crippen molar-refractivity contribution in [1.82, 2.24) is 5.32 Å². The van der Waals surface area contributed by atoms with Crippen LogP contribution in [-0.4, -0.2) is 11.7 Å². The summed E-state index contributed by atoms with van der Waals surface area (Å²) in [5.74, 6) is 1.57. The van der Waals surface area contributed by atoms with Crippen LogP contribution in [0.3, 0.4) is 0 Å². The Hall–Kier alpha value is -6.26. The molecule has 1 N–H and O–H groups in total. The molecule has 0 aliphatic carbocycles. The summed E-state index contributed by atoms with van der Waals surface area (Å²) in [6.07, 6.45) is -0.461. The molecule has 0 saturated carbocycles. The van der Waals surface area contributed by atoms with Gasteiger partial charge in [-0.2, -0.15) is 0 Å². The third kappa shape index (κ3) is 4.88. The summed E-state index contributed by atoms with van der Waals surface area (Å²) in [7, 11) is 0. The van der Waals surface area contributed by atoms with Crippen LogP contribution in [0.15, 0.2) is 178 Å². The zero-order valence-electron chi connectivity index (χ0n) is 25.5. The van der Waals surface area contributed by atoms with E-state index in [9.17, 15) is 0 Å². The van der Waals surface area contributed by atoms with E-state index in [2.05, 4.69) is 133 Å². The standard InChI is InChI=1S/C43H29N3O/c1-3-11-28(12-4-1)29-21-23-32(24-22-29)42-44-41(31-14-5-2-6-15-31)45-43(46-42)37-19-10-20-38-40(37)36-26-25-33(27-39(36)47-38)35-18-9-16-30-13-7-8-17-34(30)35/h1-27,43H,(H,44,45,46). The summed E-state index contributed by atoms with van der Waals surface area (Å²) >= 11 is 0. The molecule has 2 heterocycles. The molecule has 4 nitrogen and oxygen atoms in total. The Kier molecular flexibility index (Phi) is 6.50. The van der Waals surface area contributed by atoms with Crippen molar-refractivity contribution in [2.45, 2.75) is 6.17 Å². The van der Waals surface area contributed by atoms with Gasteiger partial charge in [-0.25, -0.2) is 9.98 Å². The molecule has 0 saturated heterocycles. The topological polar surface area (TPSA) is 49.9 Å². The van der Waals surface area contributed by atoms with E-state index >= 15 is 0 Å².